The Morgan fingerprint density at radius 3 is 2.33 bits per heavy atom. The number of hydrogen-bond acceptors (Lipinski definition) is 2. The SMILES string of the molecule is CCCCC1(CC)OCCCO1. The van der Waals surface area contributed by atoms with Gasteiger partial charge in [-0.25, -0.2) is 0 Å². The van der Waals surface area contributed by atoms with Crippen molar-refractivity contribution in [1.82, 2.24) is 0 Å². The molecule has 0 saturated carbocycles. The molecule has 72 valence electrons. The fraction of sp³-hybridized carbons (Fsp3) is 1.00. The number of unbranched alkanes of at least 4 members (excludes halogenated alkanes) is 1. The van der Waals surface area contributed by atoms with Gasteiger partial charge in [0.15, 0.2) is 5.79 Å². The fourth-order valence-corrected chi connectivity index (χ4v) is 1.59. The van der Waals surface area contributed by atoms with E-state index in [1.165, 1.54) is 12.8 Å². The largest absolute Gasteiger partial charge is 0.350 e. The van der Waals surface area contributed by atoms with Crippen LogP contribution in [0, 0.1) is 0 Å². The summed E-state index contributed by atoms with van der Waals surface area (Å²) < 4.78 is 11.4. The van der Waals surface area contributed by atoms with E-state index >= 15 is 0 Å². The van der Waals surface area contributed by atoms with Crippen molar-refractivity contribution >= 4 is 0 Å². The molecule has 1 aliphatic heterocycles. The van der Waals surface area contributed by atoms with Crippen LogP contribution in [0.4, 0.5) is 0 Å². The van der Waals surface area contributed by atoms with Gasteiger partial charge in [-0.05, 0) is 19.3 Å². The van der Waals surface area contributed by atoms with E-state index in [1.54, 1.807) is 0 Å². The van der Waals surface area contributed by atoms with Crippen molar-refractivity contribution in [3.05, 3.63) is 0 Å². The molecule has 1 rings (SSSR count). The molecule has 0 unspecified atom stereocenters. The molecule has 0 N–H and O–H groups in total. The summed E-state index contributed by atoms with van der Waals surface area (Å²) in [6.07, 6.45) is 5.50. The van der Waals surface area contributed by atoms with Crippen molar-refractivity contribution < 1.29 is 9.47 Å². The highest BCUT2D eigenvalue weighted by molar-refractivity contribution is 4.70. The maximum Gasteiger partial charge on any atom is 0.168 e. The van der Waals surface area contributed by atoms with Crippen LogP contribution in [0.5, 0.6) is 0 Å². The van der Waals surface area contributed by atoms with Gasteiger partial charge in [-0.3, -0.25) is 0 Å². The minimum Gasteiger partial charge on any atom is -0.350 e. The van der Waals surface area contributed by atoms with Gasteiger partial charge in [0.05, 0.1) is 13.2 Å². The molecular formula is C10H20O2. The summed E-state index contributed by atoms with van der Waals surface area (Å²) in [5.41, 5.74) is 0. The quantitative estimate of drug-likeness (QED) is 0.649. The summed E-state index contributed by atoms with van der Waals surface area (Å²) in [5, 5.41) is 0. The smallest absolute Gasteiger partial charge is 0.168 e. The second-order valence-corrected chi connectivity index (χ2v) is 3.42. The Labute approximate surface area is 75.2 Å². The maximum absolute atomic E-state index is 5.69. The van der Waals surface area contributed by atoms with Gasteiger partial charge in [-0.1, -0.05) is 20.3 Å². The lowest BCUT2D eigenvalue weighted by molar-refractivity contribution is -0.271. The number of rotatable bonds is 4. The number of hydrogen-bond donors (Lipinski definition) is 0. The molecule has 0 aliphatic carbocycles. The minimum absolute atomic E-state index is 0.228. The van der Waals surface area contributed by atoms with Crippen molar-refractivity contribution in [2.75, 3.05) is 13.2 Å². The Hall–Kier alpha value is -0.0800. The average Bonchev–Trinajstić information content (AvgIpc) is 2.16. The summed E-state index contributed by atoms with van der Waals surface area (Å²) in [6, 6.07) is 0. The van der Waals surface area contributed by atoms with Gasteiger partial charge in [0, 0.05) is 6.42 Å². The zero-order valence-corrected chi connectivity index (χ0v) is 8.27. The Morgan fingerprint density at radius 1 is 1.17 bits per heavy atom. The van der Waals surface area contributed by atoms with Gasteiger partial charge < -0.3 is 9.47 Å². The monoisotopic (exact) mass is 172 g/mol. The third-order valence-corrected chi connectivity index (χ3v) is 2.47. The average molecular weight is 172 g/mol. The Morgan fingerprint density at radius 2 is 1.83 bits per heavy atom. The second-order valence-electron chi connectivity index (χ2n) is 3.42. The van der Waals surface area contributed by atoms with Gasteiger partial charge in [-0.2, -0.15) is 0 Å². The van der Waals surface area contributed by atoms with Crippen LogP contribution in [0.15, 0.2) is 0 Å². The second kappa shape index (κ2) is 4.83. The van der Waals surface area contributed by atoms with Crippen LogP contribution in [-0.2, 0) is 9.47 Å². The first-order valence-corrected chi connectivity index (χ1v) is 5.11. The normalized spacial score (nSPS) is 22.5. The van der Waals surface area contributed by atoms with Crippen molar-refractivity contribution in [3.8, 4) is 0 Å². The zero-order valence-electron chi connectivity index (χ0n) is 8.27. The highest BCUT2D eigenvalue weighted by atomic mass is 16.7. The van der Waals surface area contributed by atoms with Crippen LogP contribution in [0.2, 0.25) is 0 Å². The van der Waals surface area contributed by atoms with Crippen LogP contribution in [0.25, 0.3) is 0 Å². The summed E-state index contributed by atoms with van der Waals surface area (Å²) in [6.45, 7) is 6.09. The lowest BCUT2D eigenvalue weighted by atomic mass is 10.1. The molecule has 2 heteroatoms. The van der Waals surface area contributed by atoms with Crippen molar-refractivity contribution in [2.24, 2.45) is 0 Å². The van der Waals surface area contributed by atoms with E-state index in [9.17, 15) is 0 Å². The molecule has 1 heterocycles. The van der Waals surface area contributed by atoms with Crippen molar-refractivity contribution in [2.45, 2.75) is 51.7 Å². The molecule has 0 aromatic heterocycles. The van der Waals surface area contributed by atoms with E-state index in [0.29, 0.717) is 0 Å². The maximum atomic E-state index is 5.69. The molecule has 0 bridgehead atoms. The number of ether oxygens (including phenoxy) is 2. The Bertz CT molecular complexity index is 117. The molecule has 2 nitrogen and oxygen atoms in total. The van der Waals surface area contributed by atoms with Crippen LogP contribution < -0.4 is 0 Å². The summed E-state index contributed by atoms with van der Waals surface area (Å²) in [7, 11) is 0. The third kappa shape index (κ3) is 2.46. The van der Waals surface area contributed by atoms with E-state index < -0.39 is 0 Å². The van der Waals surface area contributed by atoms with Crippen molar-refractivity contribution in [3.63, 3.8) is 0 Å². The van der Waals surface area contributed by atoms with Crippen LogP contribution in [-0.4, -0.2) is 19.0 Å². The van der Waals surface area contributed by atoms with Gasteiger partial charge >= 0.3 is 0 Å². The molecule has 12 heavy (non-hydrogen) atoms. The first-order valence-electron chi connectivity index (χ1n) is 5.11. The zero-order chi connectivity index (χ0) is 8.86. The molecule has 0 atom stereocenters. The first-order chi connectivity index (χ1) is 5.83. The molecular weight excluding hydrogens is 152 g/mol. The first kappa shape index (κ1) is 10.0. The van der Waals surface area contributed by atoms with Gasteiger partial charge in [-0.15, -0.1) is 0 Å². The predicted octanol–water partition coefficient (Wildman–Crippen LogP) is 2.72. The standard InChI is InChI=1S/C10H20O2/c1-3-5-7-10(4-2)11-8-6-9-12-10/h3-9H2,1-2H3. The topological polar surface area (TPSA) is 18.5 Å². The fourth-order valence-electron chi connectivity index (χ4n) is 1.59. The summed E-state index contributed by atoms with van der Waals surface area (Å²) in [4.78, 5) is 0. The highest BCUT2D eigenvalue weighted by Gasteiger charge is 2.31. The van der Waals surface area contributed by atoms with E-state index in [0.717, 1.165) is 32.5 Å². The van der Waals surface area contributed by atoms with Gasteiger partial charge in [0.1, 0.15) is 0 Å². The Balaban J connectivity index is 2.37. The van der Waals surface area contributed by atoms with Gasteiger partial charge in [0.2, 0.25) is 0 Å². The lowest BCUT2D eigenvalue weighted by Crippen LogP contribution is -2.39. The lowest BCUT2D eigenvalue weighted by Gasteiger charge is -2.36. The third-order valence-electron chi connectivity index (χ3n) is 2.47. The highest BCUT2D eigenvalue weighted by Crippen LogP contribution is 2.28. The van der Waals surface area contributed by atoms with E-state index in [1.807, 2.05) is 0 Å². The van der Waals surface area contributed by atoms with Crippen molar-refractivity contribution in [1.29, 1.82) is 0 Å². The van der Waals surface area contributed by atoms with E-state index in [-0.39, 0.29) is 5.79 Å². The van der Waals surface area contributed by atoms with Crippen LogP contribution in [0.1, 0.15) is 46.0 Å². The van der Waals surface area contributed by atoms with Crippen LogP contribution in [0.3, 0.4) is 0 Å². The molecule has 1 saturated heterocycles. The molecule has 1 aliphatic rings. The molecule has 0 spiro atoms. The molecule has 0 amide bonds. The van der Waals surface area contributed by atoms with Crippen LogP contribution >= 0.6 is 0 Å². The molecule has 0 aromatic carbocycles. The molecule has 1 fully saturated rings. The molecule has 0 aromatic rings. The minimum atomic E-state index is -0.228. The summed E-state index contributed by atoms with van der Waals surface area (Å²) >= 11 is 0. The summed E-state index contributed by atoms with van der Waals surface area (Å²) in [5.74, 6) is -0.228. The van der Waals surface area contributed by atoms with E-state index in [2.05, 4.69) is 13.8 Å². The molecule has 0 radical (unpaired) electrons. The van der Waals surface area contributed by atoms with Gasteiger partial charge in [0.25, 0.3) is 0 Å². The van der Waals surface area contributed by atoms with E-state index in [4.69, 9.17) is 9.47 Å². The predicted molar refractivity (Wildman–Crippen MR) is 49.1 cm³/mol. The Kier molecular flexibility index (Phi) is 4.02.